The monoisotopic (exact) mass is 458 g/mol. The van der Waals surface area contributed by atoms with Gasteiger partial charge in [-0.2, -0.15) is 13.2 Å². The highest BCUT2D eigenvalue weighted by molar-refractivity contribution is 6.33. The lowest BCUT2D eigenvalue weighted by Gasteiger charge is -2.35. The summed E-state index contributed by atoms with van der Waals surface area (Å²) in [4.78, 5) is 25.0. The lowest BCUT2D eigenvalue weighted by molar-refractivity contribution is -0.218. The number of carbonyl (C=O) groups excluding carboxylic acids is 2. The topological polar surface area (TPSA) is 76.7 Å². The van der Waals surface area contributed by atoms with Crippen molar-refractivity contribution in [2.45, 2.75) is 25.2 Å². The SMILES string of the molecule is CCOC(=O)C(NCCc1ccc(OC)cc1)(NC(=O)c1ccccc1Cl)C(F)(F)F. The Morgan fingerprint density at radius 1 is 1.06 bits per heavy atom. The number of benzene rings is 2. The van der Waals surface area contributed by atoms with Crippen LogP contribution in [0.3, 0.4) is 0 Å². The summed E-state index contributed by atoms with van der Waals surface area (Å²) in [5.74, 6) is -2.24. The van der Waals surface area contributed by atoms with Gasteiger partial charge in [-0.15, -0.1) is 0 Å². The Morgan fingerprint density at radius 3 is 2.26 bits per heavy atom. The van der Waals surface area contributed by atoms with Gasteiger partial charge >= 0.3 is 12.1 Å². The predicted octanol–water partition coefficient (Wildman–Crippen LogP) is 3.73. The largest absolute Gasteiger partial charge is 0.497 e. The van der Waals surface area contributed by atoms with Gasteiger partial charge in [-0.1, -0.05) is 35.9 Å². The van der Waals surface area contributed by atoms with Crippen molar-refractivity contribution in [1.82, 2.24) is 10.6 Å². The van der Waals surface area contributed by atoms with Gasteiger partial charge < -0.3 is 14.8 Å². The quantitative estimate of drug-likeness (QED) is 0.442. The van der Waals surface area contributed by atoms with Crippen LogP contribution < -0.4 is 15.4 Å². The van der Waals surface area contributed by atoms with Crippen LogP contribution in [0, 0.1) is 0 Å². The van der Waals surface area contributed by atoms with Crippen LogP contribution in [0.25, 0.3) is 0 Å². The number of hydrogen-bond donors (Lipinski definition) is 2. The van der Waals surface area contributed by atoms with Gasteiger partial charge in [-0.3, -0.25) is 10.1 Å². The summed E-state index contributed by atoms with van der Waals surface area (Å²) in [7, 11) is 1.50. The van der Waals surface area contributed by atoms with E-state index in [4.69, 9.17) is 16.3 Å². The van der Waals surface area contributed by atoms with Crippen LogP contribution in [0.2, 0.25) is 5.02 Å². The maximum absolute atomic E-state index is 14.1. The lowest BCUT2D eigenvalue weighted by atomic mass is 10.1. The highest BCUT2D eigenvalue weighted by atomic mass is 35.5. The number of amides is 1. The number of rotatable bonds is 9. The molecule has 2 aromatic rings. The van der Waals surface area contributed by atoms with Gasteiger partial charge in [-0.25, -0.2) is 4.79 Å². The minimum absolute atomic E-state index is 0.0573. The highest BCUT2D eigenvalue weighted by Gasteiger charge is 2.63. The summed E-state index contributed by atoms with van der Waals surface area (Å²) in [6, 6.07) is 12.3. The van der Waals surface area contributed by atoms with E-state index in [0.717, 1.165) is 0 Å². The molecule has 2 aromatic carbocycles. The first-order chi connectivity index (χ1) is 14.6. The Hall–Kier alpha value is -2.78. The molecule has 168 valence electrons. The second-order valence-corrected chi connectivity index (χ2v) is 6.83. The molecule has 6 nitrogen and oxygen atoms in total. The molecule has 2 rings (SSSR count). The fourth-order valence-electron chi connectivity index (χ4n) is 2.76. The van der Waals surface area contributed by atoms with Crippen LogP contribution >= 0.6 is 11.6 Å². The van der Waals surface area contributed by atoms with Crippen molar-refractivity contribution in [1.29, 1.82) is 0 Å². The summed E-state index contributed by atoms with van der Waals surface area (Å²) in [5, 5.41) is 3.85. The highest BCUT2D eigenvalue weighted by Crippen LogP contribution is 2.31. The van der Waals surface area contributed by atoms with Crippen molar-refractivity contribution in [3.63, 3.8) is 0 Å². The van der Waals surface area contributed by atoms with E-state index in [-0.39, 0.29) is 30.2 Å². The molecule has 0 saturated heterocycles. The molecule has 0 radical (unpaired) electrons. The summed E-state index contributed by atoms with van der Waals surface area (Å²) in [5.41, 5.74) is -2.96. The average Bonchev–Trinajstić information content (AvgIpc) is 2.73. The number of halogens is 4. The van der Waals surface area contributed by atoms with Crippen LogP contribution in [0.15, 0.2) is 48.5 Å². The summed E-state index contributed by atoms with van der Waals surface area (Å²) in [6.07, 6.45) is -5.06. The number of alkyl halides is 3. The summed E-state index contributed by atoms with van der Waals surface area (Å²) < 4.78 is 52.1. The average molecular weight is 459 g/mol. The molecule has 0 aliphatic heterocycles. The van der Waals surface area contributed by atoms with Gasteiger partial charge in [0, 0.05) is 6.54 Å². The zero-order valence-corrected chi connectivity index (χ0v) is 17.6. The van der Waals surface area contributed by atoms with E-state index in [9.17, 15) is 22.8 Å². The predicted molar refractivity (Wildman–Crippen MR) is 109 cm³/mol. The zero-order valence-electron chi connectivity index (χ0n) is 16.9. The molecule has 2 N–H and O–H groups in total. The molecule has 0 fully saturated rings. The number of nitrogens with one attached hydrogen (secondary N) is 2. The van der Waals surface area contributed by atoms with Gasteiger partial charge in [-0.05, 0) is 43.2 Å². The van der Waals surface area contributed by atoms with Crippen LogP contribution in [0.1, 0.15) is 22.8 Å². The van der Waals surface area contributed by atoms with Crippen molar-refractivity contribution < 1.29 is 32.2 Å². The first-order valence-corrected chi connectivity index (χ1v) is 9.71. The van der Waals surface area contributed by atoms with Crippen molar-refractivity contribution in [3.8, 4) is 5.75 Å². The Balaban J connectivity index is 2.30. The van der Waals surface area contributed by atoms with Crippen molar-refractivity contribution in [3.05, 3.63) is 64.7 Å². The number of hydrogen-bond acceptors (Lipinski definition) is 5. The Bertz CT molecular complexity index is 906. The molecule has 0 aromatic heterocycles. The van der Waals surface area contributed by atoms with Gasteiger partial charge in [0.2, 0.25) is 0 Å². The third kappa shape index (κ3) is 5.89. The molecular formula is C21H22ClF3N2O4. The first kappa shape index (κ1) is 24.5. The minimum Gasteiger partial charge on any atom is -0.497 e. The lowest BCUT2D eigenvalue weighted by Crippen LogP contribution is -2.73. The molecule has 1 atom stereocenters. The van der Waals surface area contributed by atoms with Crippen molar-refractivity contribution >= 4 is 23.5 Å². The fraction of sp³-hybridized carbons (Fsp3) is 0.333. The van der Waals surface area contributed by atoms with Crippen LogP contribution in [-0.4, -0.2) is 44.0 Å². The maximum Gasteiger partial charge on any atom is 0.436 e. The van der Waals surface area contributed by atoms with E-state index >= 15 is 0 Å². The van der Waals surface area contributed by atoms with E-state index in [1.165, 1.54) is 38.3 Å². The Morgan fingerprint density at radius 2 is 1.71 bits per heavy atom. The second-order valence-electron chi connectivity index (χ2n) is 6.43. The summed E-state index contributed by atoms with van der Waals surface area (Å²) >= 11 is 5.92. The van der Waals surface area contributed by atoms with Crippen molar-refractivity contribution in [2.24, 2.45) is 0 Å². The van der Waals surface area contributed by atoms with E-state index in [1.54, 1.807) is 29.6 Å². The molecule has 0 aliphatic rings. The molecule has 10 heteroatoms. The number of ether oxygens (including phenoxy) is 2. The molecule has 0 spiro atoms. The van der Waals surface area contributed by atoms with Gasteiger partial charge in [0.05, 0.1) is 24.3 Å². The third-order valence-corrected chi connectivity index (χ3v) is 4.72. The standard InChI is InChI=1S/C21H22ClF3N2O4/c1-3-31-19(29)20(21(23,24)25,27-18(28)16-6-4-5-7-17(16)22)26-13-12-14-8-10-15(30-2)11-9-14/h4-11,26H,3,12-13H2,1-2H3,(H,27,28). The Kier molecular flexibility index (Phi) is 8.29. The summed E-state index contributed by atoms with van der Waals surface area (Å²) in [6.45, 7) is 0.776. The fourth-order valence-corrected chi connectivity index (χ4v) is 2.98. The Labute approximate surface area is 182 Å². The molecule has 1 amide bonds. The first-order valence-electron chi connectivity index (χ1n) is 9.33. The maximum atomic E-state index is 14.1. The van der Waals surface area contributed by atoms with Crippen LogP contribution in [0.4, 0.5) is 13.2 Å². The normalized spacial score (nSPS) is 13.2. The van der Waals surface area contributed by atoms with E-state index in [1.807, 2.05) is 0 Å². The zero-order chi connectivity index (χ0) is 23.1. The van der Waals surface area contributed by atoms with Gasteiger partial charge in [0.1, 0.15) is 5.75 Å². The van der Waals surface area contributed by atoms with Crippen molar-refractivity contribution in [2.75, 3.05) is 20.3 Å². The molecule has 0 saturated carbocycles. The van der Waals surface area contributed by atoms with Crippen LogP contribution in [0.5, 0.6) is 5.75 Å². The number of methoxy groups -OCH3 is 1. The molecule has 31 heavy (non-hydrogen) atoms. The third-order valence-electron chi connectivity index (χ3n) is 4.39. The van der Waals surface area contributed by atoms with E-state index in [2.05, 4.69) is 10.1 Å². The minimum atomic E-state index is -5.20. The smallest absolute Gasteiger partial charge is 0.436 e. The molecule has 0 bridgehead atoms. The molecular weight excluding hydrogens is 437 g/mol. The second kappa shape index (κ2) is 10.5. The van der Waals surface area contributed by atoms with Crippen LogP contribution in [-0.2, 0) is 16.0 Å². The number of carbonyl (C=O) groups is 2. The van der Waals surface area contributed by atoms with Gasteiger partial charge in [0.25, 0.3) is 11.6 Å². The molecule has 0 heterocycles. The molecule has 1 unspecified atom stereocenters. The van der Waals surface area contributed by atoms with E-state index in [0.29, 0.717) is 11.3 Å². The number of esters is 1. The molecule has 0 aliphatic carbocycles. The van der Waals surface area contributed by atoms with Gasteiger partial charge in [0.15, 0.2) is 0 Å². The van der Waals surface area contributed by atoms with E-state index < -0.39 is 23.7 Å².